The topological polar surface area (TPSA) is 77.8 Å². The molecule has 1 saturated carbocycles. The molecule has 2 atom stereocenters. The van der Waals surface area contributed by atoms with Crippen molar-refractivity contribution in [3.63, 3.8) is 0 Å². The van der Waals surface area contributed by atoms with E-state index < -0.39 is 43.3 Å². The van der Waals surface area contributed by atoms with Gasteiger partial charge in [0.25, 0.3) is 6.43 Å². The molecule has 0 aliphatic heterocycles. The van der Waals surface area contributed by atoms with Crippen LogP contribution >= 0.6 is 0 Å². The second-order valence-electron chi connectivity index (χ2n) is 3.69. The third-order valence-corrected chi connectivity index (χ3v) is 2.46. The molecule has 0 bridgehead atoms. The van der Waals surface area contributed by atoms with Gasteiger partial charge in [-0.1, -0.05) is 0 Å². The zero-order valence-electron chi connectivity index (χ0n) is 8.47. The Morgan fingerprint density at radius 2 is 2.00 bits per heavy atom. The van der Waals surface area contributed by atoms with Crippen molar-refractivity contribution in [2.45, 2.75) is 12.8 Å². The maximum atomic E-state index is 12.1. The molecule has 1 amide bonds. The number of aliphatic hydroxyl groups is 1. The van der Waals surface area contributed by atoms with Crippen LogP contribution in [0.5, 0.6) is 0 Å². The van der Waals surface area contributed by atoms with Crippen molar-refractivity contribution in [1.29, 1.82) is 0 Å². The Morgan fingerprint density at radius 3 is 2.38 bits per heavy atom. The van der Waals surface area contributed by atoms with Crippen LogP contribution in [-0.4, -0.2) is 53.1 Å². The van der Waals surface area contributed by atoms with Crippen LogP contribution in [0.3, 0.4) is 0 Å². The van der Waals surface area contributed by atoms with E-state index in [0.717, 1.165) is 4.90 Å². The summed E-state index contributed by atoms with van der Waals surface area (Å²) in [4.78, 5) is 22.9. The van der Waals surface area contributed by atoms with Crippen LogP contribution in [0.25, 0.3) is 0 Å². The van der Waals surface area contributed by atoms with E-state index in [1.807, 2.05) is 0 Å². The summed E-state index contributed by atoms with van der Waals surface area (Å²) >= 11 is 0. The SMILES string of the molecule is O=C(O)C1CC1C(=O)N(CCO)CC(F)F. The second-order valence-corrected chi connectivity index (χ2v) is 3.69. The number of carboxylic acids is 1. The minimum Gasteiger partial charge on any atom is -0.481 e. The average Bonchev–Trinajstić information content (AvgIpc) is 2.94. The molecule has 1 rings (SSSR count). The van der Waals surface area contributed by atoms with Crippen molar-refractivity contribution in [3.05, 3.63) is 0 Å². The minimum atomic E-state index is -2.68. The number of hydrogen-bond donors (Lipinski definition) is 2. The highest BCUT2D eigenvalue weighted by Gasteiger charge is 2.49. The van der Waals surface area contributed by atoms with Crippen molar-refractivity contribution >= 4 is 11.9 Å². The van der Waals surface area contributed by atoms with E-state index in [-0.39, 0.29) is 13.0 Å². The monoisotopic (exact) mass is 237 g/mol. The maximum Gasteiger partial charge on any atom is 0.307 e. The highest BCUT2D eigenvalue weighted by molar-refractivity contribution is 5.89. The summed E-state index contributed by atoms with van der Waals surface area (Å²) < 4.78 is 24.2. The van der Waals surface area contributed by atoms with E-state index in [4.69, 9.17) is 10.2 Å². The molecule has 0 aromatic rings. The highest BCUT2D eigenvalue weighted by atomic mass is 19.3. The van der Waals surface area contributed by atoms with Crippen molar-refractivity contribution in [2.24, 2.45) is 11.8 Å². The molecule has 7 heteroatoms. The molecule has 0 heterocycles. The summed E-state index contributed by atoms with van der Waals surface area (Å²) in [6.45, 7) is -1.36. The van der Waals surface area contributed by atoms with Gasteiger partial charge in [-0.15, -0.1) is 0 Å². The molecule has 1 fully saturated rings. The second kappa shape index (κ2) is 5.20. The van der Waals surface area contributed by atoms with E-state index in [0.29, 0.717) is 0 Å². The Morgan fingerprint density at radius 1 is 1.38 bits per heavy atom. The molecule has 0 spiro atoms. The number of aliphatic carboxylic acids is 1. The van der Waals surface area contributed by atoms with Gasteiger partial charge >= 0.3 is 5.97 Å². The van der Waals surface area contributed by atoms with Gasteiger partial charge in [-0.05, 0) is 6.42 Å². The van der Waals surface area contributed by atoms with E-state index in [9.17, 15) is 18.4 Å². The van der Waals surface area contributed by atoms with Crippen molar-refractivity contribution in [3.8, 4) is 0 Å². The fourth-order valence-corrected chi connectivity index (χ4v) is 1.55. The van der Waals surface area contributed by atoms with Gasteiger partial charge in [-0.2, -0.15) is 0 Å². The lowest BCUT2D eigenvalue weighted by Gasteiger charge is -2.21. The van der Waals surface area contributed by atoms with Crippen molar-refractivity contribution in [2.75, 3.05) is 19.7 Å². The molecule has 0 radical (unpaired) electrons. The molecule has 2 unspecified atom stereocenters. The zero-order valence-corrected chi connectivity index (χ0v) is 8.47. The van der Waals surface area contributed by atoms with E-state index in [1.165, 1.54) is 0 Å². The maximum absolute atomic E-state index is 12.1. The van der Waals surface area contributed by atoms with Crippen LogP contribution in [0.4, 0.5) is 8.78 Å². The number of aliphatic hydroxyl groups excluding tert-OH is 1. The standard InChI is InChI=1S/C9H13F2NO4/c10-7(11)4-12(1-2-13)8(14)5-3-6(5)9(15)16/h5-7,13H,1-4H2,(H,15,16). The molecule has 0 aromatic heterocycles. The molecule has 0 aromatic carbocycles. The number of halogens is 2. The first-order valence-corrected chi connectivity index (χ1v) is 4.88. The van der Waals surface area contributed by atoms with Gasteiger partial charge in [-0.25, -0.2) is 8.78 Å². The smallest absolute Gasteiger partial charge is 0.307 e. The fraction of sp³-hybridized carbons (Fsp3) is 0.778. The van der Waals surface area contributed by atoms with Gasteiger partial charge in [0, 0.05) is 6.54 Å². The molecule has 16 heavy (non-hydrogen) atoms. The van der Waals surface area contributed by atoms with Gasteiger partial charge < -0.3 is 15.1 Å². The van der Waals surface area contributed by atoms with E-state index in [2.05, 4.69) is 0 Å². The Hall–Kier alpha value is -1.24. The third kappa shape index (κ3) is 3.13. The fourth-order valence-electron chi connectivity index (χ4n) is 1.55. The van der Waals surface area contributed by atoms with Crippen LogP contribution in [0, 0.1) is 11.8 Å². The summed E-state index contributed by atoms with van der Waals surface area (Å²) in [6.07, 6.45) is -2.49. The Labute approximate surface area is 90.7 Å². The van der Waals surface area contributed by atoms with Crippen molar-refractivity contribution < 1.29 is 28.6 Å². The lowest BCUT2D eigenvalue weighted by molar-refractivity contribution is -0.142. The Bertz CT molecular complexity index is 285. The summed E-state index contributed by atoms with van der Waals surface area (Å²) in [5.74, 6) is -3.16. The molecule has 2 N–H and O–H groups in total. The largest absolute Gasteiger partial charge is 0.481 e. The number of alkyl halides is 2. The predicted octanol–water partition coefficient (Wildman–Crippen LogP) is -0.207. The molecule has 92 valence electrons. The number of carboxylic acid groups (broad SMARTS) is 1. The predicted molar refractivity (Wildman–Crippen MR) is 48.9 cm³/mol. The lowest BCUT2D eigenvalue weighted by Crippen LogP contribution is -2.38. The van der Waals surface area contributed by atoms with Crippen molar-refractivity contribution in [1.82, 2.24) is 4.90 Å². The lowest BCUT2D eigenvalue weighted by atomic mass is 10.2. The summed E-state index contributed by atoms with van der Waals surface area (Å²) in [5, 5.41) is 17.2. The number of hydrogen-bond acceptors (Lipinski definition) is 3. The summed E-state index contributed by atoms with van der Waals surface area (Å²) in [5.41, 5.74) is 0. The summed E-state index contributed by atoms with van der Waals surface area (Å²) in [7, 11) is 0. The van der Waals surface area contributed by atoms with Crippen LogP contribution in [0.2, 0.25) is 0 Å². The van der Waals surface area contributed by atoms with Crippen LogP contribution in [-0.2, 0) is 9.59 Å². The highest BCUT2D eigenvalue weighted by Crippen LogP contribution is 2.40. The first-order chi connectivity index (χ1) is 7.47. The first kappa shape index (κ1) is 12.8. The molecule has 1 aliphatic carbocycles. The van der Waals surface area contributed by atoms with Gasteiger partial charge in [0.15, 0.2) is 0 Å². The Balaban J connectivity index is 2.52. The molecule has 5 nitrogen and oxygen atoms in total. The number of nitrogens with zero attached hydrogens (tertiary/aromatic N) is 1. The first-order valence-electron chi connectivity index (χ1n) is 4.88. The third-order valence-electron chi connectivity index (χ3n) is 2.46. The van der Waals surface area contributed by atoms with E-state index in [1.54, 1.807) is 0 Å². The minimum absolute atomic E-state index is 0.188. The number of carbonyl (C=O) groups excluding carboxylic acids is 1. The van der Waals surface area contributed by atoms with Crippen LogP contribution < -0.4 is 0 Å². The normalized spacial score (nSPS) is 23.2. The van der Waals surface area contributed by atoms with Gasteiger partial charge in [-0.3, -0.25) is 9.59 Å². The molecule has 0 saturated heterocycles. The zero-order chi connectivity index (χ0) is 12.3. The number of rotatable bonds is 6. The van der Waals surface area contributed by atoms with Gasteiger partial charge in [0.1, 0.15) is 0 Å². The van der Waals surface area contributed by atoms with Crippen LogP contribution in [0.15, 0.2) is 0 Å². The molecular weight excluding hydrogens is 224 g/mol. The van der Waals surface area contributed by atoms with E-state index >= 15 is 0 Å². The quantitative estimate of drug-likeness (QED) is 0.670. The summed E-state index contributed by atoms with van der Waals surface area (Å²) in [6, 6.07) is 0. The van der Waals surface area contributed by atoms with Gasteiger partial charge in [0.2, 0.25) is 5.91 Å². The average molecular weight is 237 g/mol. The molecular formula is C9H13F2NO4. The Kier molecular flexibility index (Phi) is 4.17. The van der Waals surface area contributed by atoms with Crippen LogP contribution in [0.1, 0.15) is 6.42 Å². The number of carbonyl (C=O) groups is 2. The number of amides is 1. The molecule has 1 aliphatic rings. The van der Waals surface area contributed by atoms with Gasteiger partial charge in [0.05, 0.1) is 25.0 Å².